The molecule has 0 saturated heterocycles. The SMILES string of the molecule is CCCC[C@@H](O[Si](C)(C)C)[C@H](OS(C)(=O)=O)c1ccccc1Cl. The van der Waals surface area contributed by atoms with Crippen LogP contribution in [0.4, 0.5) is 0 Å². The molecule has 23 heavy (non-hydrogen) atoms. The lowest BCUT2D eigenvalue weighted by Crippen LogP contribution is -2.37. The van der Waals surface area contributed by atoms with Crippen molar-refractivity contribution in [3.05, 3.63) is 34.9 Å². The summed E-state index contributed by atoms with van der Waals surface area (Å²) < 4.78 is 35.2. The number of benzene rings is 1. The Balaban J connectivity index is 3.24. The summed E-state index contributed by atoms with van der Waals surface area (Å²) >= 11 is 6.28. The molecular formula is C16H27ClO4SSi. The number of rotatable bonds is 9. The van der Waals surface area contributed by atoms with E-state index in [1.165, 1.54) is 0 Å². The first kappa shape index (κ1) is 20.6. The highest BCUT2D eigenvalue weighted by molar-refractivity contribution is 7.86. The smallest absolute Gasteiger partial charge is 0.265 e. The van der Waals surface area contributed by atoms with E-state index in [1.54, 1.807) is 12.1 Å². The van der Waals surface area contributed by atoms with Gasteiger partial charge in [0.05, 0.1) is 12.4 Å². The van der Waals surface area contributed by atoms with Gasteiger partial charge < -0.3 is 4.43 Å². The molecule has 1 rings (SSSR count). The first-order chi connectivity index (χ1) is 10.5. The molecule has 0 radical (unpaired) electrons. The van der Waals surface area contributed by atoms with Gasteiger partial charge >= 0.3 is 0 Å². The minimum Gasteiger partial charge on any atom is -0.412 e. The van der Waals surface area contributed by atoms with Crippen LogP contribution in [0.1, 0.15) is 37.9 Å². The Morgan fingerprint density at radius 2 is 1.83 bits per heavy atom. The molecule has 0 fully saturated rings. The van der Waals surface area contributed by atoms with Crippen LogP contribution in [0, 0.1) is 0 Å². The first-order valence-electron chi connectivity index (χ1n) is 7.84. The largest absolute Gasteiger partial charge is 0.412 e. The highest BCUT2D eigenvalue weighted by atomic mass is 35.5. The Hall–Kier alpha value is -0.403. The second kappa shape index (κ2) is 8.62. The van der Waals surface area contributed by atoms with Gasteiger partial charge in [-0.3, -0.25) is 4.18 Å². The summed E-state index contributed by atoms with van der Waals surface area (Å²) in [7, 11) is -5.51. The normalized spacial score (nSPS) is 15.4. The minimum absolute atomic E-state index is 0.337. The van der Waals surface area contributed by atoms with E-state index in [0.717, 1.165) is 25.5 Å². The van der Waals surface area contributed by atoms with E-state index >= 15 is 0 Å². The third-order valence-electron chi connectivity index (χ3n) is 3.18. The standard InChI is InChI=1S/C16H27ClO4SSi/c1-6-7-12-15(21-23(3,4)5)16(20-22(2,18)19)13-10-8-9-11-14(13)17/h8-11,15-16H,6-7,12H2,1-5H3/t15-,16-/m1/s1. The molecule has 0 aliphatic heterocycles. The van der Waals surface area contributed by atoms with Crippen LogP contribution in [-0.2, 0) is 18.7 Å². The fraction of sp³-hybridized carbons (Fsp3) is 0.625. The van der Waals surface area contributed by atoms with Crippen molar-refractivity contribution in [1.82, 2.24) is 0 Å². The first-order valence-corrected chi connectivity index (χ1v) is 13.4. The summed E-state index contributed by atoms with van der Waals surface area (Å²) in [5.41, 5.74) is 0.652. The molecule has 1 aromatic rings. The van der Waals surface area contributed by atoms with Gasteiger partial charge in [-0.1, -0.05) is 49.6 Å². The topological polar surface area (TPSA) is 52.6 Å². The highest BCUT2D eigenvalue weighted by Crippen LogP contribution is 2.34. The van der Waals surface area contributed by atoms with E-state index in [-0.39, 0.29) is 6.10 Å². The maximum atomic E-state index is 11.8. The summed E-state index contributed by atoms with van der Waals surface area (Å²) in [6, 6.07) is 7.17. The maximum absolute atomic E-state index is 11.8. The Bertz CT molecular complexity index is 598. The summed E-state index contributed by atoms with van der Waals surface area (Å²) in [6.07, 6.45) is 2.66. The van der Waals surface area contributed by atoms with E-state index in [2.05, 4.69) is 26.6 Å². The molecule has 0 heterocycles. The third-order valence-corrected chi connectivity index (χ3v) is 5.09. The Morgan fingerprint density at radius 1 is 1.22 bits per heavy atom. The van der Waals surface area contributed by atoms with E-state index in [0.29, 0.717) is 10.6 Å². The van der Waals surface area contributed by atoms with Gasteiger partial charge in [0.25, 0.3) is 10.1 Å². The monoisotopic (exact) mass is 378 g/mol. The van der Waals surface area contributed by atoms with E-state index < -0.39 is 24.5 Å². The Morgan fingerprint density at radius 3 is 2.30 bits per heavy atom. The van der Waals surface area contributed by atoms with E-state index in [4.69, 9.17) is 20.2 Å². The van der Waals surface area contributed by atoms with Crippen LogP contribution in [-0.4, -0.2) is 29.1 Å². The molecule has 0 saturated carbocycles. The summed E-state index contributed by atoms with van der Waals surface area (Å²) in [5.74, 6) is 0. The van der Waals surface area contributed by atoms with Gasteiger partial charge in [-0.05, 0) is 32.1 Å². The van der Waals surface area contributed by atoms with Crippen molar-refractivity contribution in [1.29, 1.82) is 0 Å². The van der Waals surface area contributed by atoms with Crippen LogP contribution in [0.3, 0.4) is 0 Å². The van der Waals surface area contributed by atoms with Crippen molar-refractivity contribution < 1.29 is 17.0 Å². The van der Waals surface area contributed by atoms with Crippen LogP contribution in [0.2, 0.25) is 24.7 Å². The second-order valence-electron chi connectivity index (χ2n) is 6.65. The van der Waals surface area contributed by atoms with Crippen LogP contribution >= 0.6 is 11.6 Å². The van der Waals surface area contributed by atoms with Gasteiger partial charge in [0.2, 0.25) is 0 Å². The second-order valence-corrected chi connectivity index (χ2v) is 13.1. The molecule has 0 unspecified atom stereocenters. The summed E-state index contributed by atoms with van der Waals surface area (Å²) in [5, 5.41) is 0.488. The Kier molecular flexibility index (Phi) is 7.74. The number of hydrogen-bond acceptors (Lipinski definition) is 4. The average molecular weight is 379 g/mol. The third kappa shape index (κ3) is 7.81. The zero-order valence-electron chi connectivity index (χ0n) is 14.5. The van der Waals surface area contributed by atoms with Crippen molar-refractivity contribution >= 4 is 30.0 Å². The average Bonchev–Trinajstić information content (AvgIpc) is 2.39. The molecule has 7 heteroatoms. The van der Waals surface area contributed by atoms with Crippen LogP contribution in [0.25, 0.3) is 0 Å². The Labute approximate surface area is 146 Å². The quantitative estimate of drug-likeness (QED) is 0.458. The van der Waals surface area contributed by atoms with Gasteiger partial charge in [-0.15, -0.1) is 0 Å². The van der Waals surface area contributed by atoms with Gasteiger partial charge in [0, 0.05) is 10.6 Å². The minimum atomic E-state index is -3.64. The molecule has 0 aromatic heterocycles. The van der Waals surface area contributed by atoms with Gasteiger partial charge in [-0.25, -0.2) is 0 Å². The molecule has 0 amide bonds. The molecule has 2 atom stereocenters. The maximum Gasteiger partial charge on any atom is 0.265 e. The number of unbranched alkanes of at least 4 members (excludes halogenated alkanes) is 1. The molecule has 0 aliphatic rings. The van der Waals surface area contributed by atoms with Gasteiger partial charge in [0.1, 0.15) is 6.10 Å². The molecule has 0 spiro atoms. The number of hydrogen-bond donors (Lipinski definition) is 0. The molecular weight excluding hydrogens is 352 g/mol. The fourth-order valence-electron chi connectivity index (χ4n) is 2.34. The predicted octanol–water partition coefficient (Wildman–Crippen LogP) is 4.77. The number of halogens is 1. The van der Waals surface area contributed by atoms with E-state index in [1.807, 2.05) is 12.1 Å². The molecule has 4 nitrogen and oxygen atoms in total. The van der Waals surface area contributed by atoms with Crippen LogP contribution < -0.4 is 0 Å². The van der Waals surface area contributed by atoms with Crippen LogP contribution in [0.15, 0.2) is 24.3 Å². The summed E-state index contributed by atoms with van der Waals surface area (Å²) in [4.78, 5) is 0. The lowest BCUT2D eigenvalue weighted by atomic mass is 10.0. The lowest BCUT2D eigenvalue weighted by Gasteiger charge is -2.32. The fourth-order valence-corrected chi connectivity index (χ4v) is 4.34. The summed E-state index contributed by atoms with van der Waals surface area (Å²) in [6.45, 7) is 8.33. The lowest BCUT2D eigenvalue weighted by molar-refractivity contribution is 0.0458. The molecule has 0 aliphatic carbocycles. The van der Waals surface area contributed by atoms with Crippen molar-refractivity contribution in [3.8, 4) is 0 Å². The highest BCUT2D eigenvalue weighted by Gasteiger charge is 2.33. The molecule has 0 N–H and O–H groups in total. The van der Waals surface area contributed by atoms with Crippen molar-refractivity contribution in [2.24, 2.45) is 0 Å². The van der Waals surface area contributed by atoms with Gasteiger partial charge in [-0.2, -0.15) is 8.42 Å². The molecule has 132 valence electrons. The molecule has 0 bridgehead atoms. The van der Waals surface area contributed by atoms with Gasteiger partial charge in [0.15, 0.2) is 8.32 Å². The van der Waals surface area contributed by atoms with E-state index in [9.17, 15) is 8.42 Å². The van der Waals surface area contributed by atoms with Crippen LogP contribution in [0.5, 0.6) is 0 Å². The van der Waals surface area contributed by atoms with Crippen molar-refractivity contribution in [3.63, 3.8) is 0 Å². The van der Waals surface area contributed by atoms with Crippen molar-refractivity contribution in [2.75, 3.05) is 6.26 Å². The predicted molar refractivity (Wildman–Crippen MR) is 97.9 cm³/mol. The van der Waals surface area contributed by atoms with Crippen molar-refractivity contribution in [2.45, 2.75) is 58.0 Å². The molecule has 1 aromatic carbocycles. The zero-order valence-corrected chi connectivity index (χ0v) is 17.1. The zero-order chi connectivity index (χ0) is 17.7.